The van der Waals surface area contributed by atoms with E-state index in [1.807, 2.05) is 26.8 Å². The number of ketones is 1. The number of methoxy groups -OCH3 is 2. The molecule has 1 aliphatic rings. The van der Waals surface area contributed by atoms with Crippen LogP contribution in [0.2, 0.25) is 0 Å². The number of hydrogen-bond acceptors (Lipinski definition) is 6. The molecule has 3 aromatic rings. The van der Waals surface area contributed by atoms with Crippen LogP contribution >= 0.6 is 0 Å². The van der Waals surface area contributed by atoms with Gasteiger partial charge in [-0.05, 0) is 65.1 Å². The number of hydrogen-bond donors (Lipinski definition) is 1. The first kappa shape index (κ1) is 28.5. The predicted octanol–water partition coefficient (Wildman–Crippen LogP) is 6.53. The average molecular weight is 556 g/mol. The molecule has 10 heteroatoms. The molecule has 0 aromatic heterocycles. The number of alkyl halides is 3. The smallest absolute Gasteiger partial charge is 0.507 e. The molecule has 1 saturated heterocycles. The van der Waals surface area contributed by atoms with Gasteiger partial charge in [0.05, 0.1) is 31.4 Å². The molecule has 1 N–H and O–H groups in total. The average Bonchev–Trinajstić information content (AvgIpc) is 3.17. The van der Waals surface area contributed by atoms with E-state index in [0.717, 1.165) is 22.6 Å². The van der Waals surface area contributed by atoms with Gasteiger partial charge in [0.1, 0.15) is 23.0 Å². The Kier molecular flexibility index (Phi) is 7.56. The highest BCUT2D eigenvalue weighted by Gasteiger charge is 2.47. The first-order valence-corrected chi connectivity index (χ1v) is 12.2. The van der Waals surface area contributed by atoms with Crippen LogP contribution in [0.15, 0.2) is 72.3 Å². The Balaban J connectivity index is 1.92. The number of aliphatic hydroxyl groups is 1. The van der Waals surface area contributed by atoms with Crippen LogP contribution in [0.25, 0.3) is 5.76 Å². The van der Waals surface area contributed by atoms with Crippen LogP contribution in [-0.2, 0) is 15.0 Å². The molecule has 1 atom stereocenters. The Hall–Kier alpha value is -4.47. The molecule has 3 aromatic carbocycles. The zero-order valence-electron chi connectivity index (χ0n) is 22.5. The van der Waals surface area contributed by atoms with Crippen LogP contribution in [0, 0.1) is 0 Å². The minimum atomic E-state index is -4.89. The largest absolute Gasteiger partial charge is 0.573 e. The van der Waals surface area contributed by atoms with Crippen molar-refractivity contribution in [2.45, 2.75) is 38.6 Å². The van der Waals surface area contributed by atoms with Crippen molar-refractivity contribution in [2.24, 2.45) is 0 Å². The van der Waals surface area contributed by atoms with Crippen molar-refractivity contribution in [3.63, 3.8) is 0 Å². The van der Waals surface area contributed by atoms with Crippen LogP contribution in [0.4, 0.5) is 18.9 Å². The van der Waals surface area contributed by atoms with Gasteiger partial charge in [-0.15, -0.1) is 13.2 Å². The molecule has 0 spiro atoms. The summed E-state index contributed by atoms with van der Waals surface area (Å²) in [6, 6.07) is 15.2. The third kappa shape index (κ3) is 5.61. The van der Waals surface area contributed by atoms with Gasteiger partial charge in [-0.1, -0.05) is 39.0 Å². The van der Waals surface area contributed by atoms with E-state index in [9.17, 15) is 27.9 Å². The van der Waals surface area contributed by atoms with Gasteiger partial charge in [-0.2, -0.15) is 0 Å². The molecule has 0 aliphatic carbocycles. The highest BCUT2D eigenvalue weighted by atomic mass is 19.4. The molecular formula is C30H28F3NO6. The zero-order valence-corrected chi connectivity index (χ0v) is 22.5. The number of carbonyl (C=O) groups excluding carboxylic acids is 2. The van der Waals surface area contributed by atoms with Gasteiger partial charge in [0.15, 0.2) is 0 Å². The number of amides is 1. The van der Waals surface area contributed by atoms with Crippen molar-refractivity contribution < 1.29 is 42.1 Å². The number of nitrogens with zero attached hydrogens (tertiary/aromatic N) is 1. The third-order valence-corrected chi connectivity index (χ3v) is 6.55. The SMILES string of the molecule is COc1ccc(C2/C(=C(\O)c3cc(C(C)(C)C)ccc3OC)C(=O)C(=O)N2c2ccc(OC(F)(F)F)cc2)cc1. The molecule has 1 heterocycles. The van der Waals surface area contributed by atoms with E-state index in [4.69, 9.17) is 9.47 Å². The third-order valence-electron chi connectivity index (χ3n) is 6.55. The number of aliphatic hydroxyl groups excluding tert-OH is 1. The summed E-state index contributed by atoms with van der Waals surface area (Å²) in [6.07, 6.45) is -4.89. The normalized spacial score (nSPS) is 17.2. The number of benzene rings is 3. The van der Waals surface area contributed by atoms with E-state index in [1.54, 1.807) is 36.4 Å². The Morgan fingerprint density at radius 2 is 1.45 bits per heavy atom. The number of carbonyl (C=O) groups is 2. The first-order valence-electron chi connectivity index (χ1n) is 12.2. The topological polar surface area (TPSA) is 85.3 Å². The van der Waals surface area contributed by atoms with Crippen molar-refractivity contribution >= 4 is 23.1 Å². The summed E-state index contributed by atoms with van der Waals surface area (Å²) in [5.74, 6) is -2.04. The van der Waals surface area contributed by atoms with Gasteiger partial charge in [0.2, 0.25) is 0 Å². The van der Waals surface area contributed by atoms with Crippen LogP contribution in [0.5, 0.6) is 17.2 Å². The molecule has 1 aliphatic heterocycles. The van der Waals surface area contributed by atoms with Crippen molar-refractivity contribution in [2.75, 3.05) is 19.1 Å². The minimum absolute atomic E-state index is 0.131. The summed E-state index contributed by atoms with van der Waals surface area (Å²) in [6.45, 7) is 5.96. The minimum Gasteiger partial charge on any atom is -0.507 e. The standard InChI is InChI=1S/C30H28F3NO6/c1-29(2,3)18-8-15-23(39-5)22(16-18)26(35)24-25(17-6-11-20(38-4)12-7-17)34(28(37)27(24)36)19-9-13-21(14-10-19)40-30(31,32)33/h6-16,25,35H,1-5H3/b26-24+. The Bertz CT molecular complexity index is 1450. The van der Waals surface area contributed by atoms with Gasteiger partial charge in [-0.25, -0.2) is 0 Å². The number of ether oxygens (including phenoxy) is 3. The van der Waals surface area contributed by atoms with E-state index >= 15 is 0 Å². The van der Waals surface area contributed by atoms with E-state index < -0.39 is 35.6 Å². The lowest BCUT2D eigenvalue weighted by molar-refractivity contribution is -0.274. The number of Topliss-reactive ketones (excluding diaryl/α,β-unsaturated/α-hetero) is 1. The van der Waals surface area contributed by atoms with Gasteiger partial charge >= 0.3 is 6.36 Å². The maximum atomic E-state index is 13.5. The van der Waals surface area contributed by atoms with E-state index in [-0.39, 0.29) is 22.2 Å². The summed E-state index contributed by atoms with van der Waals surface area (Å²) in [7, 11) is 2.91. The number of anilines is 1. The summed E-state index contributed by atoms with van der Waals surface area (Å²) >= 11 is 0. The summed E-state index contributed by atoms with van der Waals surface area (Å²) < 4.78 is 52.7. The zero-order chi connectivity index (χ0) is 29.4. The molecule has 1 amide bonds. The molecule has 7 nitrogen and oxygen atoms in total. The molecule has 4 rings (SSSR count). The summed E-state index contributed by atoms with van der Waals surface area (Å²) in [5, 5.41) is 11.6. The highest BCUT2D eigenvalue weighted by molar-refractivity contribution is 6.51. The van der Waals surface area contributed by atoms with Crippen LogP contribution in [0.1, 0.15) is 43.5 Å². The molecule has 210 valence electrons. The predicted molar refractivity (Wildman–Crippen MR) is 143 cm³/mol. The number of rotatable bonds is 6. The van der Waals surface area contributed by atoms with E-state index in [2.05, 4.69) is 4.74 Å². The molecule has 40 heavy (non-hydrogen) atoms. The molecular weight excluding hydrogens is 527 g/mol. The van der Waals surface area contributed by atoms with E-state index in [1.165, 1.54) is 26.4 Å². The molecule has 0 saturated carbocycles. The lowest BCUT2D eigenvalue weighted by atomic mass is 9.85. The fourth-order valence-corrected chi connectivity index (χ4v) is 4.51. The fourth-order valence-electron chi connectivity index (χ4n) is 4.51. The van der Waals surface area contributed by atoms with Crippen molar-refractivity contribution in [1.82, 2.24) is 0 Å². The van der Waals surface area contributed by atoms with Crippen LogP contribution < -0.4 is 19.1 Å². The maximum absolute atomic E-state index is 13.5. The van der Waals surface area contributed by atoms with Gasteiger partial charge < -0.3 is 19.3 Å². The monoisotopic (exact) mass is 555 g/mol. The second-order valence-electron chi connectivity index (χ2n) is 10.1. The molecule has 1 fully saturated rings. The second kappa shape index (κ2) is 10.6. The van der Waals surface area contributed by atoms with Gasteiger partial charge in [0, 0.05) is 5.69 Å². The number of halogens is 3. The maximum Gasteiger partial charge on any atom is 0.573 e. The van der Waals surface area contributed by atoms with Gasteiger partial charge in [-0.3, -0.25) is 14.5 Å². The Morgan fingerprint density at radius 3 is 1.98 bits per heavy atom. The second-order valence-corrected chi connectivity index (χ2v) is 10.1. The van der Waals surface area contributed by atoms with Crippen LogP contribution in [0.3, 0.4) is 0 Å². The quantitative estimate of drug-likeness (QED) is 0.212. The Morgan fingerprint density at radius 1 is 0.850 bits per heavy atom. The van der Waals surface area contributed by atoms with E-state index in [0.29, 0.717) is 17.1 Å². The summed E-state index contributed by atoms with van der Waals surface area (Å²) in [4.78, 5) is 28.0. The summed E-state index contributed by atoms with van der Waals surface area (Å²) in [5.41, 5.74) is 1.17. The first-order chi connectivity index (χ1) is 18.7. The Labute approximate surface area is 229 Å². The molecule has 0 bridgehead atoms. The van der Waals surface area contributed by atoms with Crippen LogP contribution in [-0.4, -0.2) is 37.4 Å². The van der Waals surface area contributed by atoms with Crippen molar-refractivity contribution in [1.29, 1.82) is 0 Å². The van der Waals surface area contributed by atoms with Crippen molar-refractivity contribution in [3.05, 3.63) is 89.0 Å². The molecule has 1 unspecified atom stereocenters. The van der Waals surface area contributed by atoms with Crippen molar-refractivity contribution in [3.8, 4) is 17.2 Å². The molecule has 0 radical (unpaired) electrons. The lowest BCUT2D eigenvalue weighted by Gasteiger charge is -2.26. The lowest BCUT2D eigenvalue weighted by Crippen LogP contribution is -2.29. The van der Waals surface area contributed by atoms with Gasteiger partial charge in [0.25, 0.3) is 11.7 Å². The highest BCUT2D eigenvalue weighted by Crippen LogP contribution is 2.44. The fraction of sp³-hybridized carbons (Fsp3) is 0.267.